The number of hydrogen-bond acceptors (Lipinski definition) is 4. The molecule has 1 aromatic carbocycles. The maximum absolute atomic E-state index is 11.5. The van der Waals surface area contributed by atoms with E-state index < -0.39 is 0 Å². The molecule has 0 saturated carbocycles. The van der Waals surface area contributed by atoms with E-state index in [1.807, 2.05) is 24.3 Å². The van der Waals surface area contributed by atoms with E-state index >= 15 is 0 Å². The molecule has 0 atom stereocenters. The number of thioether (sulfide) groups is 1. The number of amides is 1. The number of furan rings is 1. The van der Waals surface area contributed by atoms with E-state index in [2.05, 4.69) is 10.5 Å². The van der Waals surface area contributed by atoms with Gasteiger partial charge in [-0.3, -0.25) is 4.79 Å². The molecule has 6 heteroatoms. The lowest BCUT2D eigenvalue weighted by Crippen LogP contribution is -2.17. The van der Waals surface area contributed by atoms with Crippen molar-refractivity contribution in [2.75, 3.05) is 5.75 Å². The molecule has 0 aliphatic rings. The van der Waals surface area contributed by atoms with Crippen molar-refractivity contribution in [3.63, 3.8) is 0 Å². The fourth-order valence-corrected chi connectivity index (χ4v) is 2.36. The Hall–Kier alpha value is -1.72. The van der Waals surface area contributed by atoms with Gasteiger partial charge in [0.2, 0.25) is 5.91 Å². The molecule has 1 aromatic heterocycles. The van der Waals surface area contributed by atoms with Crippen LogP contribution in [0.4, 0.5) is 0 Å². The minimum absolute atomic E-state index is 0.130. The summed E-state index contributed by atoms with van der Waals surface area (Å²) in [4.78, 5) is 12.6. The summed E-state index contributed by atoms with van der Waals surface area (Å²) in [5, 5.41) is 4.51. The molecule has 0 spiro atoms. The van der Waals surface area contributed by atoms with Crippen LogP contribution in [0.2, 0.25) is 5.02 Å². The molecule has 1 amide bonds. The van der Waals surface area contributed by atoms with E-state index in [0.717, 1.165) is 4.90 Å². The number of halogens is 1. The van der Waals surface area contributed by atoms with Gasteiger partial charge in [-0.15, -0.1) is 11.8 Å². The molecule has 104 valence electrons. The lowest BCUT2D eigenvalue weighted by Gasteiger charge is -2.01. The van der Waals surface area contributed by atoms with Crippen LogP contribution in [0.1, 0.15) is 12.2 Å². The molecular weight excluding hydrogens is 296 g/mol. The minimum atomic E-state index is -0.130. The fraction of sp³-hybridized carbons (Fsp3) is 0.143. The Bertz CT molecular complexity index is 567. The highest BCUT2D eigenvalue weighted by atomic mass is 35.5. The molecular formula is C14H13ClN2O2S. The second kappa shape index (κ2) is 7.77. The zero-order valence-electron chi connectivity index (χ0n) is 10.6. The van der Waals surface area contributed by atoms with Crippen molar-refractivity contribution in [1.82, 2.24) is 5.43 Å². The summed E-state index contributed by atoms with van der Waals surface area (Å²) in [6, 6.07) is 11.0. The monoisotopic (exact) mass is 308 g/mol. The highest BCUT2D eigenvalue weighted by Gasteiger charge is 2.01. The number of benzene rings is 1. The van der Waals surface area contributed by atoms with Crippen molar-refractivity contribution in [1.29, 1.82) is 0 Å². The Morgan fingerprint density at radius 1 is 1.35 bits per heavy atom. The van der Waals surface area contributed by atoms with Crippen LogP contribution in [0.5, 0.6) is 0 Å². The van der Waals surface area contributed by atoms with Crippen molar-refractivity contribution in [3.8, 4) is 0 Å². The van der Waals surface area contributed by atoms with Gasteiger partial charge in [-0.2, -0.15) is 5.10 Å². The average Bonchev–Trinajstić information content (AvgIpc) is 2.94. The first-order chi connectivity index (χ1) is 9.74. The molecule has 0 saturated heterocycles. The summed E-state index contributed by atoms with van der Waals surface area (Å²) >= 11 is 7.40. The van der Waals surface area contributed by atoms with Gasteiger partial charge in [-0.25, -0.2) is 5.43 Å². The standard InChI is InChI=1S/C14H13ClN2O2S/c15-11-3-5-13(6-4-11)20-9-7-14(18)17-16-10-12-2-1-8-19-12/h1-6,8,10H,7,9H2,(H,17,18)/b16-10-. The number of carbonyl (C=O) groups is 1. The first-order valence-corrected chi connectivity index (χ1v) is 7.34. The molecule has 4 nitrogen and oxygen atoms in total. The number of hydrazone groups is 1. The molecule has 0 fully saturated rings. The second-order valence-electron chi connectivity index (χ2n) is 3.86. The predicted molar refractivity (Wildman–Crippen MR) is 81.2 cm³/mol. The zero-order chi connectivity index (χ0) is 14.2. The lowest BCUT2D eigenvalue weighted by molar-refractivity contribution is -0.120. The molecule has 1 heterocycles. The Morgan fingerprint density at radius 3 is 2.85 bits per heavy atom. The number of carbonyl (C=O) groups excluding carboxylic acids is 1. The van der Waals surface area contributed by atoms with E-state index in [4.69, 9.17) is 16.0 Å². The van der Waals surface area contributed by atoms with Gasteiger partial charge in [0.1, 0.15) is 5.76 Å². The van der Waals surface area contributed by atoms with Gasteiger partial charge in [-0.1, -0.05) is 11.6 Å². The predicted octanol–water partition coefficient (Wildman–Crippen LogP) is 3.57. The zero-order valence-corrected chi connectivity index (χ0v) is 12.2. The topological polar surface area (TPSA) is 54.6 Å². The number of hydrogen-bond donors (Lipinski definition) is 1. The lowest BCUT2D eigenvalue weighted by atomic mass is 10.4. The summed E-state index contributed by atoms with van der Waals surface area (Å²) in [7, 11) is 0. The van der Waals surface area contributed by atoms with Crippen molar-refractivity contribution >= 4 is 35.5 Å². The fourth-order valence-electron chi connectivity index (χ4n) is 1.38. The van der Waals surface area contributed by atoms with Gasteiger partial charge < -0.3 is 4.42 Å². The second-order valence-corrected chi connectivity index (χ2v) is 5.47. The van der Waals surface area contributed by atoms with Crippen LogP contribution < -0.4 is 5.43 Å². The number of nitrogens with zero attached hydrogens (tertiary/aromatic N) is 1. The maximum Gasteiger partial charge on any atom is 0.240 e. The van der Waals surface area contributed by atoms with Crippen LogP contribution in [0.25, 0.3) is 0 Å². The van der Waals surface area contributed by atoms with E-state index in [-0.39, 0.29) is 5.91 Å². The molecule has 20 heavy (non-hydrogen) atoms. The maximum atomic E-state index is 11.5. The Balaban J connectivity index is 1.66. The van der Waals surface area contributed by atoms with Gasteiger partial charge in [0.05, 0.1) is 12.5 Å². The molecule has 2 aromatic rings. The first-order valence-electron chi connectivity index (χ1n) is 5.98. The van der Waals surface area contributed by atoms with Gasteiger partial charge in [0.25, 0.3) is 0 Å². The highest BCUT2D eigenvalue weighted by Crippen LogP contribution is 2.20. The van der Waals surface area contributed by atoms with Gasteiger partial charge in [0, 0.05) is 22.1 Å². The summed E-state index contributed by atoms with van der Waals surface area (Å²) in [6.45, 7) is 0. The quantitative estimate of drug-likeness (QED) is 0.504. The van der Waals surface area contributed by atoms with E-state index in [1.54, 1.807) is 30.2 Å². The minimum Gasteiger partial charge on any atom is -0.463 e. The molecule has 0 aliphatic carbocycles. The molecule has 0 aliphatic heterocycles. The van der Waals surface area contributed by atoms with Crippen LogP contribution in [0.15, 0.2) is 57.1 Å². The Morgan fingerprint density at radius 2 is 2.15 bits per heavy atom. The third kappa shape index (κ3) is 5.11. The Kier molecular flexibility index (Phi) is 5.70. The summed E-state index contributed by atoms with van der Waals surface area (Å²) < 4.78 is 5.05. The SMILES string of the molecule is O=C(CCSc1ccc(Cl)cc1)N/N=C\c1ccco1. The van der Waals surface area contributed by atoms with Crippen molar-refractivity contribution in [2.45, 2.75) is 11.3 Å². The Labute approximate surface area is 126 Å². The number of rotatable bonds is 6. The molecule has 0 unspecified atom stereocenters. The summed E-state index contributed by atoms with van der Waals surface area (Å²) in [6.07, 6.45) is 3.40. The van der Waals surface area contributed by atoms with Crippen molar-refractivity contribution in [3.05, 3.63) is 53.4 Å². The van der Waals surface area contributed by atoms with Crippen LogP contribution in [-0.2, 0) is 4.79 Å². The normalized spacial score (nSPS) is 10.8. The van der Waals surface area contributed by atoms with E-state index in [9.17, 15) is 4.79 Å². The molecule has 0 radical (unpaired) electrons. The summed E-state index contributed by atoms with van der Waals surface area (Å²) in [5.41, 5.74) is 2.45. The summed E-state index contributed by atoms with van der Waals surface area (Å²) in [5.74, 6) is 1.15. The molecule has 0 bridgehead atoms. The van der Waals surface area contributed by atoms with E-state index in [0.29, 0.717) is 23.0 Å². The van der Waals surface area contributed by atoms with Crippen LogP contribution in [0, 0.1) is 0 Å². The van der Waals surface area contributed by atoms with Gasteiger partial charge in [0.15, 0.2) is 0 Å². The highest BCUT2D eigenvalue weighted by molar-refractivity contribution is 7.99. The average molecular weight is 309 g/mol. The van der Waals surface area contributed by atoms with Crippen molar-refractivity contribution < 1.29 is 9.21 Å². The largest absolute Gasteiger partial charge is 0.463 e. The first kappa shape index (κ1) is 14.7. The van der Waals surface area contributed by atoms with Crippen LogP contribution in [0.3, 0.4) is 0 Å². The smallest absolute Gasteiger partial charge is 0.240 e. The van der Waals surface area contributed by atoms with Gasteiger partial charge in [-0.05, 0) is 36.4 Å². The van der Waals surface area contributed by atoms with E-state index in [1.165, 1.54) is 6.21 Å². The van der Waals surface area contributed by atoms with Crippen LogP contribution >= 0.6 is 23.4 Å². The van der Waals surface area contributed by atoms with Gasteiger partial charge >= 0.3 is 0 Å². The third-order valence-electron chi connectivity index (χ3n) is 2.34. The molecule has 1 N–H and O–H groups in total. The molecule has 2 rings (SSSR count). The van der Waals surface area contributed by atoms with Crippen molar-refractivity contribution in [2.24, 2.45) is 5.10 Å². The third-order valence-corrected chi connectivity index (χ3v) is 3.60. The number of nitrogens with one attached hydrogen (secondary N) is 1. The van der Waals surface area contributed by atoms with Crippen LogP contribution in [-0.4, -0.2) is 17.9 Å².